The summed E-state index contributed by atoms with van der Waals surface area (Å²) in [7, 11) is 1.70. The van der Waals surface area contributed by atoms with E-state index in [9.17, 15) is 0 Å². The minimum Gasteiger partial charge on any atom is -0.496 e. The van der Waals surface area contributed by atoms with E-state index in [1.54, 1.807) is 18.4 Å². The Labute approximate surface area is 120 Å². The largest absolute Gasteiger partial charge is 0.496 e. The monoisotopic (exact) mass is 325 g/mol. The smallest absolute Gasteiger partial charge is 0.124 e. The number of hydrogen-bond donors (Lipinski definition) is 1. The van der Waals surface area contributed by atoms with Crippen LogP contribution in [0.3, 0.4) is 0 Å². The lowest BCUT2D eigenvalue weighted by atomic mass is 9.97. The summed E-state index contributed by atoms with van der Waals surface area (Å²) in [5, 5.41) is 2.09. The first-order valence-corrected chi connectivity index (χ1v) is 7.35. The van der Waals surface area contributed by atoms with Crippen LogP contribution in [0.2, 0.25) is 0 Å². The SMILES string of the molecule is COc1c(C)cc(C(N)c2csc(Br)c2)cc1C. The quantitative estimate of drug-likeness (QED) is 0.918. The van der Waals surface area contributed by atoms with Crippen LogP contribution in [-0.2, 0) is 0 Å². The molecule has 2 N–H and O–H groups in total. The van der Waals surface area contributed by atoms with Gasteiger partial charge in [-0.3, -0.25) is 0 Å². The van der Waals surface area contributed by atoms with Crippen LogP contribution in [0.1, 0.15) is 28.3 Å². The van der Waals surface area contributed by atoms with Crippen LogP contribution in [0.15, 0.2) is 27.4 Å². The molecule has 96 valence electrons. The topological polar surface area (TPSA) is 35.2 Å². The maximum atomic E-state index is 6.30. The van der Waals surface area contributed by atoms with Gasteiger partial charge >= 0.3 is 0 Å². The van der Waals surface area contributed by atoms with Crippen LogP contribution in [0.5, 0.6) is 5.75 Å². The number of halogens is 1. The van der Waals surface area contributed by atoms with Gasteiger partial charge in [0.1, 0.15) is 5.75 Å². The van der Waals surface area contributed by atoms with Crippen molar-refractivity contribution < 1.29 is 4.74 Å². The van der Waals surface area contributed by atoms with Crippen LogP contribution in [-0.4, -0.2) is 7.11 Å². The van der Waals surface area contributed by atoms with Gasteiger partial charge in [0, 0.05) is 0 Å². The van der Waals surface area contributed by atoms with Gasteiger partial charge in [0.05, 0.1) is 16.9 Å². The van der Waals surface area contributed by atoms with E-state index in [1.807, 2.05) is 13.8 Å². The van der Waals surface area contributed by atoms with Gasteiger partial charge in [-0.1, -0.05) is 12.1 Å². The molecule has 2 nitrogen and oxygen atoms in total. The zero-order chi connectivity index (χ0) is 13.3. The molecule has 1 unspecified atom stereocenters. The zero-order valence-electron chi connectivity index (χ0n) is 10.7. The molecule has 1 heterocycles. The normalized spacial score (nSPS) is 12.5. The van der Waals surface area contributed by atoms with Crippen molar-refractivity contribution >= 4 is 27.3 Å². The van der Waals surface area contributed by atoms with Crippen molar-refractivity contribution in [3.8, 4) is 5.75 Å². The zero-order valence-corrected chi connectivity index (χ0v) is 13.1. The van der Waals surface area contributed by atoms with E-state index < -0.39 is 0 Å². The molecule has 0 bridgehead atoms. The highest BCUT2D eigenvalue weighted by molar-refractivity contribution is 9.11. The van der Waals surface area contributed by atoms with Crippen molar-refractivity contribution in [1.82, 2.24) is 0 Å². The number of rotatable bonds is 3. The van der Waals surface area contributed by atoms with Gasteiger partial charge in [0.15, 0.2) is 0 Å². The third-order valence-corrected chi connectivity index (χ3v) is 4.52. The Balaban J connectivity index is 2.40. The molecule has 4 heteroatoms. The molecule has 1 atom stereocenters. The first-order valence-electron chi connectivity index (χ1n) is 5.67. The third kappa shape index (κ3) is 2.60. The molecule has 1 aromatic heterocycles. The van der Waals surface area contributed by atoms with Gasteiger partial charge in [-0.25, -0.2) is 0 Å². The van der Waals surface area contributed by atoms with Gasteiger partial charge in [-0.2, -0.15) is 0 Å². The molecule has 0 saturated heterocycles. The fourth-order valence-electron chi connectivity index (χ4n) is 2.16. The van der Waals surface area contributed by atoms with Crippen molar-refractivity contribution in [2.45, 2.75) is 19.9 Å². The number of aryl methyl sites for hydroxylation is 2. The van der Waals surface area contributed by atoms with E-state index in [2.05, 4.69) is 39.5 Å². The van der Waals surface area contributed by atoms with E-state index >= 15 is 0 Å². The lowest BCUT2D eigenvalue weighted by molar-refractivity contribution is 0.408. The fourth-order valence-corrected chi connectivity index (χ4v) is 3.38. The lowest BCUT2D eigenvalue weighted by Crippen LogP contribution is -2.11. The molecule has 0 aliphatic carbocycles. The van der Waals surface area contributed by atoms with Crippen LogP contribution in [0.4, 0.5) is 0 Å². The molecule has 0 fully saturated rings. The Morgan fingerprint density at radius 1 is 1.17 bits per heavy atom. The van der Waals surface area contributed by atoms with E-state index in [0.29, 0.717) is 0 Å². The molecular weight excluding hydrogens is 310 g/mol. The van der Waals surface area contributed by atoms with Crippen LogP contribution < -0.4 is 10.5 Å². The van der Waals surface area contributed by atoms with Crippen LogP contribution >= 0.6 is 27.3 Å². The average molecular weight is 326 g/mol. The third-order valence-electron chi connectivity index (χ3n) is 2.99. The van der Waals surface area contributed by atoms with E-state index in [-0.39, 0.29) is 6.04 Å². The number of benzene rings is 1. The molecule has 0 spiro atoms. The maximum absolute atomic E-state index is 6.30. The van der Waals surface area contributed by atoms with E-state index in [1.165, 1.54) is 0 Å². The van der Waals surface area contributed by atoms with Crippen molar-refractivity contribution in [2.24, 2.45) is 5.73 Å². The lowest BCUT2D eigenvalue weighted by Gasteiger charge is -2.15. The number of ether oxygens (including phenoxy) is 1. The highest BCUT2D eigenvalue weighted by Gasteiger charge is 2.14. The second kappa shape index (κ2) is 5.43. The van der Waals surface area contributed by atoms with Crippen molar-refractivity contribution in [3.05, 3.63) is 49.6 Å². The van der Waals surface area contributed by atoms with Gasteiger partial charge in [0.2, 0.25) is 0 Å². The minimum absolute atomic E-state index is 0.0872. The number of hydrogen-bond acceptors (Lipinski definition) is 3. The summed E-state index contributed by atoms with van der Waals surface area (Å²) in [4.78, 5) is 0. The molecule has 1 aromatic carbocycles. The highest BCUT2D eigenvalue weighted by Crippen LogP contribution is 2.31. The van der Waals surface area contributed by atoms with Crippen LogP contribution in [0, 0.1) is 13.8 Å². The van der Waals surface area contributed by atoms with Gasteiger partial charge in [-0.15, -0.1) is 11.3 Å². The van der Waals surface area contributed by atoms with E-state index in [0.717, 1.165) is 31.8 Å². The molecule has 0 radical (unpaired) electrons. The number of nitrogens with two attached hydrogens (primary N) is 1. The summed E-state index contributed by atoms with van der Waals surface area (Å²) in [6.07, 6.45) is 0. The number of thiophene rings is 1. The summed E-state index contributed by atoms with van der Waals surface area (Å²) in [6.45, 7) is 4.09. The van der Waals surface area contributed by atoms with E-state index in [4.69, 9.17) is 10.5 Å². The van der Waals surface area contributed by atoms with Gasteiger partial charge < -0.3 is 10.5 Å². The van der Waals surface area contributed by atoms with Crippen LogP contribution in [0.25, 0.3) is 0 Å². The Kier molecular flexibility index (Phi) is 4.10. The fraction of sp³-hybridized carbons (Fsp3) is 0.286. The van der Waals surface area contributed by atoms with Crippen molar-refractivity contribution in [2.75, 3.05) is 7.11 Å². The minimum atomic E-state index is -0.0872. The average Bonchev–Trinajstić information content (AvgIpc) is 2.74. The summed E-state index contributed by atoms with van der Waals surface area (Å²) < 4.78 is 6.48. The molecule has 18 heavy (non-hydrogen) atoms. The standard InChI is InChI=1S/C14H16BrNOS/c1-8-4-10(5-9(2)14(8)17-3)13(16)11-6-12(15)18-7-11/h4-7,13H,16H2,1-3H3. The number of methoxy groups -OCH3 is 1. The Morgan fingerprint density at radius 3 is 2.22 bits per heavy atom. The molecule has 2 rings (SSSR count). The molecule has 0 aliphatic heterocycles. The first-order chi connectivity index (χ1) is 8.52. The molecule has 0 amide bonds. The summed E-state index contributed by atoms with van der Waals surface area (Å²) in [5.41, 5.74) is 10.8. The summed E-state index contributed by atoms with van der Waals surface area (Å²) in [6, 6.07) is 6.19. The molecule has 0 aliphatic rings. The van der Waals surface area contributed by atoms with Gasteiger partial charge in [-0.05, 0) is 63.5 Å². The van der Waals surface area contributed by atoms with Crippen molar-refractivity contribution in [1.29, 1.82) is 0 Å². The van der Waals surface area contributed by atoms with Crippen molar-refractivity contribution in [3.63, 3.8) is 0 Å². The molecule has 0 saturated carbocycles. The molecular formula is C14H16BrNOS. The second-order valence-corrected chi connectivity index (χ2v) is 6.64. The predicted octanol–water partition coefficient (Wildman–Crippen LogP) is 4.18. The predicted molar refractivity (Wildman–Crippen MR) is 80.5 cm³/mol. The van der Waals surface area contributed by atoms with Gasteiger partial charge in [0.25, 0.3) is 0 Å². The highest BCUT2D eigenvalue weighted by atomic mass is 79.9. The molecule has 2 aromatic rings. The summed E-state index contributed by atoms with van der Waals surface area (Å²) >= 11 is 5.12. The maximum Gasteiger partial charge on any atom is 0.124 e. The second-order valence-electron chi connectivity index (χ2n) is 4.35. The Hall–Kier alpha value is -0.840. The summed E-state index contributed by atoms with van der Waals surface area (Å²) in [5.74, 6) is 0.942. The first kappa shape index (κ1) is 13.6. The Bertz CT molecular complexity index is 542. The Morgan fingerprint density at radius 2 is 1.78 bits per heavy atom.